The summed E-state index contributed by atoms with van der Waals surface area (Å²) in [6.45, 7) is 10.3. The van der Waals surface area contributed by atoms with Crippen LogP contribution in [0.2, 0.25) is 0 Å². The normalized spacial score (nSPS) is 30.4. The molecule has 28 heavy (non-hydrogen) atoms. The number of carbonyl (C=O) groups is 1. The van der Waals surface area contributed by atoms with E-state index in [2.05, 4.69) is 13.8 Å². The molecule has 3 aliphatic carbocycles. The van der Waals surface area contributed by atoms with Crippen molar-refractivity contribution in [2.45, 2.75) is 71.6 Å². The molecule has 3 saturated carbocycles. The minimum Gasteiger partial charge on any atom is -0.496 e. The lowest BCUT2D eigenvalue weighted by Crippen LogP contribution is -2.59. The molecule has 0 amide bonds. The number of rotatable bonds is 4. The van der Waals surface area contributed by atoms with Gasteiger partial charge in [-0.05, 0) is 62.5 Å². The van der Waals surface area contributed by atoms with Gasteiger partial charge in [0.2, 0.25) is 0 Å². The van der Waals surface area contributed by atoms with Gasteiger partial charge in [-0.2, -0.15) is 0 Å². The second-order valence-corrected chi connectivity index (χ2v) is 10.0. The van der Waals surface area contributed by atoms with Crippen LogP contribution >= 0.6 is 0 Å². The van der Waals surface area contributed by atoms with Crippen molar-refractivity contribution in [2.24, 2.45) is 17.3 Å². The van der Waals surface area contributed by atoms with E-state index >= 15 is 0 Å². The van der Waals surface area contributed by atoms with Crippen molar-refractivity contribution in [1.29, 1.82) is 0 Å². The van der Waals surface area contributed by atoms with Crippen LogP contribution in [0.3, 0.4) is 0 Å². The molecule has 5 rings (SSSR count). The Morgan fingerprint density at radius 1 is 1.25 bits per heavy atom. The fraction of sp³-hybridized carbons (Fsp3) is 0.682. The van der Waals surface area contributed by atoms with Crippen LogP contribution in [-0.4, -0.2) is 38.0 Å². The first kappa shape index (κ1) is 19.8. The maximum Gasteiger partial charge on any atom is 0.462 e. The standard InChI is InChI=1S/C22H31BO5/c1-21(2,3)26-20(24)15-9-7-8-13(18(15)25-6)12-23-27-17-11-14-10-16(19(17)28-23)22(14,4)5/h7-9,14,16-17,19H,10-12H2,1-6H3/t14-,16?,17?,19?/m0/s1. The highest BCUT2D eigenvalue weighted by Crippen LogP contribution is 2.61. The number of carbonyl (C=O) groups excluding carboxylic acids is 1. The molecule has 1 heterocycles. The van der Waals surface area contributed by atoms with E-state index < -0.39 is 5.60 Å². The molecule has 2 bridgehead atoms. The molecule has 5 nitrogen and oxygen atoms in total. The minimum absolute atomic E-state index is 0.185. The van der Waals surface area contributed by atoms with Crippen LogP contribution in [0.5, 0.6) is 5.75 Å². The summed E-state index contributed by atoms with van der Waals surface area (Å²) in [6.07, 6.45) is 3.28. The number of methoxy groups -OCH3 is 1. The topological polar surface area (TPSA) is 54.0 Å². The summed E-state index contributed by atoms with van der Waals surface area (Å²) >= 11 is 0. The highest BCUT2D eigenvalue weighted by Gasteiger charge is 2.61. The van der Waals surface area contributed by atoms with Crippen LogP contribution in [0.1, 0.15) is 63.4 Å². The summed E-state index contributed by atoms with van der Waals surface area (Å²) in [5.41, 5.74) is 1.14. The van der Waals surface area contributed by atoms with Gasteiger partial charge in [0.05, 0.1) is 19.3 Å². The molecular formula is C22H31BO5. The second-order valence-electron chi connectivity index (χ2n) is 10.0. The first-order valence-electron chi connectivity index (χ1n) is 10.3. The van der Waals surface area contributed by atoms with E-state index in [1.54, 1.807) is 13.2 Å². The molecule has 1 saturated heterocycles. The molecular weight excluding hydrogens is 355 g/mol. The summed E-state index contributed by atoms with van der Waals surface area (Å²) in [4.78, 5) is 12.6. The van der Waals surface area contributed by atoms with Crippen LogP contribution in [0.25, 0.3) is 0 Å². The van der Waals surface area contributed by atoms with Gasteiger partial charge in [-0.25, -0.2) is 4.79 Å². The zero-order chi connectivity index (χ0) is 20.3. The molecule has 4 aliphatic rings. The Kier molecular flexibility index (Phi) is 4.78. The van der Waals surface area contributed by atoms with Gasteiger partial charge < -0.3 is 18.8 Å². The monoisotopic (exact) mass is 386 g/mol. The Balaban J connectivity index is 1.50. The summed E-state index contributed by atoms with van der Waals surface area (Å²) < 4.78 is 23.7. The van der Waals surface area contributed by atoms with Gasteiger partial charge in [0.25, 0.3) is 0 Å². The van der Waals surface area contributed by atoms with Gasteiger partial charge in [-0.3, -0.25) is 0 Å². The van der Waals surface area contributed by atoms with Crippen molar-refractivity contribution in [1.82, 2.24) is 0 Å². The minimum atomic E-state index is -0.556. The maximum atomic E-state index is 12.6. The third kappa shape index (κ3) is 3.35. The van der Waals surface area contributed by atoms with Gasteiger partial charge in [0.15, 0.2) is 0 Å². The van der Waals surface area contributed by atoms with Gasteiger partial charge in [0.1, 0.15) is 16.9 Å². The van der Waals surface area contributed by atoms with Crippen molar-refractivity contribution in [3.63, 3.8) is 0 Å². The average Bonchev–Trinajstić information content (AvgIpc) is 3.02. The SMILES string of the molecule is COc1c(CB2OC3C[C@@H]4CC(C3O2)C4(C)C)cccc1C(=O)OC(C)(C)C. The van der Waals surface area contributed by atoms with Crippen molar-refractivity contribution in [3.05, 3.63) is 29.3 Å². The number of hydrogen-bond donors (Lipinski definition) is 0. The number of para-hydroxylation sites is 1. The zero-order valence-corrected chi connectivity index (χ0v) is 17.8. The fourth-order valence-electron chi connectivity index (χ4n) is 5.16. The quantitative estimate of drug-likeness (QED) is 0.577. The number of hydrogen-bond acceptors (Lipinski definition) is 5. The molecule has 0 spiro atoms. The Morgan fingerprint density at radius 2 is 2.00 bits per heavy atom. The van der Waals surface area contributed by atoms with E-state index in [9.17, 15) is 4.79 Å². The van der Waals surface area contributed by atoms with Crippen molar-refractivity contribution in [3.8, 4) is 5.75 Å². The summed E-state index contributed by atoms with van der Waals surface area (Å²) in [5, 5.41) is 0. The maximum absolute atomic E-state index is 12.6. The molecule has 4 atom stereocenters. The Morgan fingerprint density at radius 3 is 2.64 bits per heavy atom. The van der Waals surface area contributed by atoms with E-state index in [0.717, 1.165) is 17.9 Å². The average molecular weight is 386 g/mol. The molecule has 1 aliphatic heterocycles. The molecule has 152 valence electrons. The van der Waals surface area contributed by atoms with E-state index in [0.29, 0.717) is 29.0 Å². The fourth-order valence-corrected chi connectivity index (χ4v) is 5.16. The Labute approximate surface area is 168 Å². The first-order valence-corrected chi connectivity index (χ1v) is 10.3. The van der Waals surface area contributed by atoms with Crippen molar-refractivity contribution in [2.75, 3.05) is 7.11 Å². The summed E-state index contributed by atoms with van der Waals surface area (Å²) in [7, 11) is 1.29. The van der Waals surface area contributed by atoms with Gasteiger partial charge in [0, 0.05) is 6.32 Å². The number of ether oxygens (including phenoxy) is 2. The van der Waals surface area contributed by atoms with Crippen LogP contribution in [-0.2, 0) is 20.4 Å². The molecule has 3 unspecified atom stereocenters. The van der Waals surface area contributed by atoms with Gasteiger partial charge >= 0.3 is 13.1 Å². The van der Waals surface area contributed by atoms with Gasteiger partial charge in [-0.1, -0.05) is 26.0 Å². The lowest BCUT2D eigenvalue weighted by molar-refractivity contribution is -0.150. The zero-order valence-electron chi connectivity index (χ0n) is 17.8. The van der Waals surface area contributed by atoms with Crippen molar-refractivity contribution >= 4 is 13.1 Å². The lowest BCUT2D eigenvalue weighted by Gasteiger charge is -2.60. The Hall–Kier alpha value is -1.53. The van der Waals surface area contributed by atoms with E-state index in [-0.39, 0.29) is 25.3 Å². The van der Waals surface area contributed by atoms with Crippen LogP contribution in [0, 0.1) is 17.3 Å². The summed E-state index contributed by atoms with van der Waals surface area (Å²) in [6, 6.07) is 5.56. The predicted octanol–water partition coefficient (Wildman–Crippen LogP) is 4.07. The molecule has 1 aromatic rings. The molecule has 1 aromatic carbocycles. The second kappa shape index (κ2) is 6.77. The van der Waals surface area contributed by atoms with E-state index in [1.165, 1.54) is 6.42 Å². The van der Waals surface area contributed by atoms with E-state index in [1.807, 2.05) is 32.9 Å². The smallest absolute Gasteiger partial charge is 0.462 e. The van der Waals surface area contributed by atoms with Crippen LogP contribution < -0.4 is 4.74 Å². The van der Waals surface area contributed by atoms with Crippen LogP contribution in [0.15, 0.2) is 18.2 Å². The molecule has 0 aromatic heterocycles. The van der Waals surface area contributed by atoms with Crippen LogP contribution in [0.4, 0.5) is 0 Å². The predicted molar refractivity (Wildman–Crippen MR) is 107 cm³/mol. The largest absolute Gasteiger partial charge is 0.496 e. The molecule has 6 heteroatoms. The third-order valence-corrected chi connectivity index (χ3v) is 6.77. The van der Waals surface area contributed by atoms with Crippen molar-refractivity contribution < 1.29 is 23.6 Å². The first-order chi connectivity index (χ1) is 13.1. The third-order valence-electron chi connectivity index (χ3n) is 6.77. The molecule has 4 fully saturated rings. The highest BCUT2D eigenvalue weighted by molar-refractivity contribution is 6.44. The lowest BCUT2D eigenvalue weighted by atomic mass is 9.47. The summed E-state index contributed by atoms with van der Waals surface area (Å²) in [5.74, 6) is 1.49. The van der Waals surface area contributed by atoms with Gasteiger partial charge in [-0.15, -0.1) is 0 Å². The van der Waals surface area contributed by atoms with E-state index in [4.69, 9.17) is 18.8 Å². The molecule has 0 N–H and O–H groups in total. The number of benzene rings is 1. The number of esters is 1. The Bertz CT molecular complexity index is 769. The highest BCUT2D eigenvalue weighted by atomic mass is 16.7. The molecule has 0 radical (unpaired) electrons.